The number of carbonyl (C=O) groups is 1. The first-order valence-electron chi connectivity index (χ1n) is 8.32. The summed E-state index contributed by atoms with van der Waals surface area (Å²) in [5.41, 5.74) is 2.61. The number of rotatable bonds is 4. The zero-order valence-corrected chi connectivity index (χ0v) is 14.6. The molecule has 0 saturated carbocycles. The molecule has 4 nitrogen and oxygen atoms in total. The van der Waals surface area contributed by atoms with Gasteiger partial charge in [-0.1, -0.05) is 41.9 Å². The summed E-state index contributed by atoms with van der Waals surface area (Å²) in [6.07, 6.45) is 1.94. The predicted octanol–water partition coefficient (Wildman–Crippen LogP) is 3.44. The van der Waals surface area contributed by atoms with E-state index in [-0.39, 0.29) is 11.9 Å². The molecule has 3 rings (SSSR count). The zero-order chi connectivity index (χ0) is 16.9. The van der Waals surface area contributed by atoms with Crippen molar-refractivity contribution in [2.45, 2.75) is 32.4 Å². The van der Waals surface area contributed by atoms with Crippen molar-refractivity contribution in [3.8, 4) is 0 Å². The van der Waals surface area contributed by atoms with E-state index in [1.54, 1.807) is 12.1 Å². The van der Waals surface area contributed by atoms with Crippen LogP contribution in [0.4, 0.5) is 0 Å². The largest absolute Gasteiger partial charge is 0.349 e. The normalized spacial score (nSPS) is 16.1. The molecular weight excluding hydrogens is 322 g/mol. The van der Waals surface area contributed by atoms with Crippen molar-refractivity contribution in [3.63, 3.8) is 0 Å². The first-order chi connectivity index (χ1) is 11.6. The van der Waals surface area contributed by atoms with E-state index >= 15 is 0 Å². The van der Waals surface area contributed by atoms with Crippen LogP contribution < -0.4 is 5.32 Å². The Morgan fingerprint density at radius 1 is 1.21 bits per heavy atom. The number of carbonyl (C=O) groups excluding carboxylic acids is 1. The van der Waals surface area contributed by atoms with Gasteiger partial charge in [0.2, 0.25) is 0 Å². The molecule has 2 heterocycles. The van der Waals surface area contributed by atoms with Crippen LogP contribution in [0.3, 0.4) is 0 Å². The number of aromatic nitrogens is 1. The van der Waals surface area contributed by atoms with Crippen LogP contribution in [0.5, 0.6) is 0 Å². The molecule has 1 aliphatic heterocycles. The summed E-state index contributed by atoms with van der Waals surface area (Å²) in [6.45, 7) is 4.78. The number of benzene rings is 1. The molecule has 1 aromatic carbocycles. The van der Waals surface area contributed by atoms with Crippen LogP contribution in [0.1, 0.15) is 34.5 Å². The van der Waals surface area contributed by atoms with Crippen molar-refractivity contribution in [1.82, 2.24) is 15.2 Å². The Morgan fingerprint density at radius 3 is 2.58 bits per heavy atom. The molecule has 1 amide bonds. The Hall–Kier alpha value is -1.91. The molecule has 0 radical (unpaired) electrons. The highest BCUT2D eigenvalue weighted by Gasteiger charge is 2.22. The molecule has 1 aliphatic rings. The minimum Gasteiger partial charge on any atom is -0.349 e. The van der Waals surface area contributed by atoms with E-state index < -0.39 is 0 Å². The van der Waals surface area contributed by atoms with Crippen LogP contribution in [0.15, 0.2) is 42.5 Å². The van der Waals surface area contributed by atoms with E-state index in [0.717, 1.165) is 32.5 Å². The molecule has 0 unspecified atom stereocenters. The predicted molar refractivity (Wildman–Crippen MR) is 96.2 cm³/mol. The molecule has 0 aliphatic carbocycles. The summed E-state index contributed by atoms with van der Waals surface area (Å²) in [4.78, 5) is 19.0. The van der Waals surface area contributed by atoms with Gasteiger partial charge in [-0.05, 0) is 37.5 Å². The fraction of sp³-hybridized carbons (Fsp3) is 0.368. The Balaban J connectivity index is 1.51. The number of aryl methyl sites for hydroxylation is 1. The van der Waals surface area contributed by atoms with E-state index in [0.29, 0.717) is 16.4 Å². The van der Waals surface area contributed by atoms with Crippen molar-refractivity contribution in [3.05, 3.63) is 64.4 Å². The number of halogens is 1. The first-order valence-corrected chi connectivity index (χ1v) is 8.70. The third-order valence-corrected chi connectivity index (χ3v) is 4.68. The SMILES string of the molecule is Cc1nc(Cl)ccc1C(=O)NC1CCN(Cc2ccccc2)CC1. The second kappa shape index (κ2) is 7.77. The summed E-state index contributed by atoms with van der Waals surface area (Å²) in [5, 5.41) is 3.55. The van der Waals surface area contributed by atoms with Gasteiger partial charge < -0.3 is 5.32 Å². The summed E-state index contributed by atoms with van der Waals surface area (Å²) < 4.78 is 0. The molecule has 24 heavy (non-hydrogen) atoms. The van der Waals surface area contributed by atoms with E-state index in [2.05, 4.69) is 39.5 Å². The van der Waals surface area contributed by atoms with Gasteiger partial charge in [-0.2, -0.15) is 0 Å². The molecule has 126 valence electrons. The number of hydrogen-bond donors (Lipinski definition) is 1. The lowest BCUT2D eigenvalue weighted by Gasteiger charge is -2.32. The fourth-order valence-electron chi connectivity index (χ4n) is 3.11. The van der Waals surface area contributed by atoms with Gasteiger partial charge >= 0.3 is 0 Å². The van der Waals surface area contributed by atoms with Crippen LogP contribution in [0.2, 0.25) is 5.15 Å². The number of hydrogen-bond acceptors (Lipinski definition) is 3. The second-order valence-corrected chi connectivity index (χ2v) is 6.66. The molecule has 0 bridgehead atoms. The quantitative estimate of drug-likeness (QED) is 0.865. The monoisotopic (exact) mass is 343 g/mol. The van der Waals surface area contributed by atoms with Gasteiger partial charge in [0.25, 0.3) is 5.91 Å². The second-order valence-electron chi connectivity index (χ2n) is 6.28. The highest BCUT2D eigenvalue weighted by atomic mass is 35.5. The number of piperidine rings is 1. The average molecular weight is 344 g/mol. The summed E-state index contributed by atoms with van der Waals surface area (Å²) in [5.74, 6) is -0.0572. The lowest BCUT2D eigenvalue weighted by Crippen LogP contribution is -2.44. The number of amides is 1. The van der Waals surface area contributed by atoms with Crippen molar-refractivity contribution in [2.24, 2.45) is 0 Å². The third-order valence-electron chi connectivity index (χ3n) is 4.47. The smallest absolute Gasteiger partial charge is 0.253 e. The molecule has 1 saturated heterocycles. The molecule has 5 heteroatoms. The highest BCUT2D eigenvalue weighted by Crippen LogP contribution is 2.16. The van der Waals surface area contributed by atoms with E-state index in [9.17, 15) is 4.79 Å². The molecule has 1 fully saturated rings. The fourth-order valence-corrected chi connectivity index (χ4v) is 3.30. The first kappa shape index (κ1) is 16.9. The van der Waals surface area contributed by atoms with Gasteiger partial charge in [0, 0.05) is 25.7 Å². The lowest BCUT2D eigenvalue weighted by atomic mass is 10.0. The van der Waals surface area contributed by atoms with Crippen LogP contribution in [0, 0.1) is 6.92 Å². The van der Waals surface area contributed by atoms with Gasteiger partial charge in [-0.15, -0.1) is 0 Å². The van der Waals surface area contributed by atoms with Crippen LogP contribution in [0.25, 0.3) is 0 Å². The van der Waals surface area contributed by atoms with Gasteiger partial charge in [-0.25, -0.2) is 4.98 Å². The van der Waals surface area contributed by atoms with E-state index in [1.165, 1.54) is 5.56 Å². The van der Waals surface area contributed by atoms with Gasteiger partial charge in [-0.3, -0.25) is 9.69 Å². The standard InChI is InChI=1S/C19H22ClN3O/c1-14-17(7-8-18(20)21-14)19(24)22-16-9-11-23(12-10-16)13-15-5-3-2-4-6-15/h2-8,16H,9-13H2,1H3,(H,22,24). The highest BCUT2D eigenvalue weighted by molar-refractivity contribution is 6.29. The van der Waals surface area contributed by atoms with Crippen LogP contribution in [-0.4, -0.2) is 34.9 Å². The Labute approximate surface area is 147 Å². The van der Waals surface area contributed by atoms with E-state index in [1.807, 2.05) is 13.0 Å². The minimum atomic E-state index is -0.0572. The molecule has 0 atom stereocenters. The Kier molecular flexibility index (Phi) is 5.48. The van der Waals surface area contributed by atoms with Gasteiger partial charge in [0.15, 0.2) is 0 Å². The maximum atomic E-state index is 12.4. The maximum absolute atomic E-state index is 12.4. The summed E-state index contributed by atoms with van der Waals surface area (Å²) >= 11 is 5.85. The zero-order valence-electron chi connectivity index (χ0n) is 13.8. The Bertz CT molecular complexity index is 697. The average Bonchev–Trinajstić information content (AvgIpc) is 2.57. The van der Waals surface area contributed by atoms with Gasteiger partial charge in [0.05, 0.1) is 11.3 Å². The van der Waals surface area contributed by atoms with Crippen molar-refractivity contribution < 1.29 is 4.79 Å². The number of likely N-dealkylation sites (tertiary alicyclic amines) is 1. The number of pyridine rings is 1. The molecular formula is C19H22ClN3O. The number of nitrogens with one attached hydrogen (secondary N) is 1. The topological polar surface area (TPSA) is 45.2 Å². The number of nitrogens with zero attached hydrogens (tertiary/aromatic N) is 2. The van der Waals surface area contributed by atoms with Crippen molar-refractivity contribution in [2.75, 3.05) is 13.1 Å². The molecule has 1 N–H and O–H groups in total. The third kappa shape index (κ3) is 4.34. The lowest BCUT2D eigenvalue weighted by molar-refractivity contribution is 0.0908. The van der Waals surface area contributed by atoms with E-state index in [4.69, 9.17) is 11.6 Å². The van der Waals surface area contributed by atoms with Crippen molar-refractivity contribution >= 4 is 17.5 Å². The summed E-state index contributed by atoms with van der Waals surface area (Å²) in [7, 11) is 0. The maximum Gasteiger partial charge on any atom is 0.253 e. The van der Waals surface area contributed by atoms with Crippen molar-refractivity contribution in [1.29, 1.82) is 0 Å². The Morgan fingerprint density at radius 2 is 1.92 bits per heavy atom. The summed E-state index contributed by atoms with van der Waals surface area (Å²) in [6, 6.07) is 14.1. The molecule has 1 aromatic heterocycles. The minimum absolute atomic E-state index is 0.0572. The molecule has 2 aromatic rings. The van der Waals surface area contributed by atoms with Gasteiger partial charge in [0.1, 0.15) is 5.15 Å². The van der Waals surface area contributed by atoms with Crippen LogP contribution >= 0.6 is 11.6 Å². The molecule has 0 spiro atoms. The van der Waals surface area contributed by atoms with Crippen LogP contribution in [-0.2, 0) is 6.54 Å².